The van der Waals surface area contributed by atoms with Crippen molar-refractivity contribution in [1.82, 2.24) is 10.9 Å². The molecule has 0 aliphatic carbocycles. The molecule has 2 aromatic carbocycles. The molecule has 0 atom stereocenters. The first-order valence-corrected chi connectivity index (χ1v) is 9.37. The molecular formula is C18H18Br2N2O4. The van der Waals surface area contributed by atoms with Gasteiger partial charge >= 0.3 is 0 Å². The Kier molecular flexibility index (Phi) is 7.47. The van der Waals surface area contributed by atoms with Crippen molar-refractivity contribution >= 4 is 43.7 Å². The van der Waals surface area contributed by atoms with E-state index >= 15 is 0 Å². The van der Waals surface area contributed by atoms with Gasteiger partial charge in [-0.1, -0.05) is 15.9 Å². The summed E-state index contributed by atoms with van der Waals surface area (Å²) in [6, 6.07) is 12.0. The summed E-state index contributed by atoms with van der Waals surface area (Å²) in [5.41, 5.74) is 5.03. The van der Waals surface area contributed by atoms with E-state index in [-0.39, 0.29) is 12.7 Å². The fourth-order valence-electron chi connectivity index (χ4n) is 1.91. The van der Waals surface area contributed by atoms with E-state index in [2.05, 4.69) is 42.7 Å². The molecule has 0 bridgehead atoms. The van der Waals surface area contributed by atoms with Gasteiger partial charge in [-0.3, -0.25) is 20.4 Å². The fraction of sp³-hybridized carbons (Fsp3) is 0.222. The Morgan fingerprint density at radius 3 is 2.35 bits per heavy atom. The lowest BCUT2D eigenvalue weighted by atomic mass is 10.2. The number of halogens is 2. The standard InChI is InChI=1S/C18H18Br2N2O4/c1-11(2)26-16-8-3-12(9-15(16)20)18(24)22-21-17(23)10-25-14-6-4-13(19)5-7-14/h3-9,11H,10H2,1-2H3,(H,21,23)(H,22,24). The van der Waals surface area contributed by atoms with Crippen LogP contribution in [0.4, 0.5) is 0 Å². The van der Waals surface area contributed by atoms with E-state index in [1.807, 2.05) is 13.8 Å². The zero-order valence-electron chi connectivity index (χ0n) is 14.2. The number of hydrogen-bond acceptors (Lipinski definition) is 4. The lowest BCUT2D eigenvalue weighted by molar-refractivity contribution is -0.123. The van der Waals surface area contributed by atoms with Crippen molar-refractivity contribution in [2.24, 2.45) is 0 Å². The van der Waals surface area contributed by atoms with Gasteiger partial charge in [0.15, 0.2) is 6.61 Å². The van der Waals surface area contributed by atoms with Gasteiger partial charge in [-0.05, 0) is 72.2 Å². The summed E-state index contributed by atoms with van der Waals surface area (Å²) in [5, 5.41) is 0. The molecule has 0 saturated carbocycles. The molecular weight excluding hydrogens is 468 g/mol. The quantitative estimate of drug-likeness (QED) is 0.609. The molecule has 0 fully saturated rings. The highest BCUT2D eigenvalue weighted by atomic mass is 79.9. The third kappa shape index (κ3) is 6.34. The minimum Gasteiger partial charge on any atom is -0.490 e. The molecule has 2 aromatic rings. The normalized spacial score (nSPS) is 10.3. The number of hydrazine groups is 1. The average molecular weight is 486 g/mol. The Morgan fingerprint density at radius 2 is 1.73 bits per heavy atom. The first kappa shape index (κ1) is 20.3. The summed E-state index contributed by atoms with van der Waals surface area (Å²) >= 11 is 6.68. The second-order valence-corrected chi connectivity index (χ2v) is 7.33. The van der Waals surface area contributed by atoms with Crippen LogP contribution in [0.3, 0.4) is 0 Å². The van der Waals surface area contributed by atoms with Gasteiger partial charge in [0.1, 0.15) is 11.5 Å². The maximum atomic E-state index is 12.1. The van der Waals surface area contributed by atoms with E-state index < -0.39 is 11.8 Å². The SMILES string of the molecule is CC(C)Oc1ccc(C(=O)NNC(=O)COc2ccc(Br)cc2)cc1Br. The fourth-order valence-corrected chi connectivity index (χ4v) is 2.64. The van der Waals surface area contributed by atoms with Gasteiger partial charge in [0.05, 0.1) is 10.6 Å². The molecule has 0 aliphatic heterocycles. The van der Waals surface area contributed by atoms with Crippen LogP contribution in [0.1, 0.15) is 24.2 Å². The number of benzene rings is 2. The number of ether oxygens (including phenoxy) is 2. The molecule has 8 heteroatoms. The Hall–Kier alpha value is -2.06. The van der Waals surface area contributed by atoms with Crippen LogP contribution in [0.5, 0.6) is 11.5 Å². The number of amides is 2. The second-order valence-electron chi connectivity index (χ2n) is 5.56. The van der Waals surface area contributed by atoms with Gasteiger partial charge in [0.25, 0.3) is 11.8 Å². The van der Waals surface area contributed by atoms with Gasteiger partial charge in [-0.2, -0.15) is 0 Å². The Bertz CT molecular complexity index is 779. The second kappa shape index (κ2) is 9.59. The van der Waals surface area contributed by atoms with Gasteiger partial charge in [0.2, 0.25) is 0 Å². The van der Waals surface area contributed by atoms with Crippen LogP contribution < -0.4 is 20.3 Å². The van der Waals surface area contributed by atoms with Crippen LogP contribution in [0.2, 0.25) is 0 Å². The smallest absolute Gasteiger partial charge is 0.276 e. The van der Waals surface area contributed by atoms with Crippen LogP contribution in [0, 0.1) is 0 Å². The van der Waals surface area contributed by atoms with E-state index in [1.54, 1.807) is 42.5 Å². The van der Waals surface area contributed by atoms with Crippen LogP contribution >= 0.6 is 31.9 Å². The number of hydrogen-bond donors (Lipinski definition) is 2. The molecule has 2 amide bonds. The maximum absolute atomic E-state index is 12.1. The summed E-state index contributed by atoms with van der Waals surface area (Å²) < 4.78 is 12.5. The number of carbonyl (C=O) groups excluding carboxylic acids is 2. The average Bonchev–Trinajstić information content (AvgIpc) is 2.60. The molecule has 2 N–H and O–H groups in total. The molecule has 26 heavy (non-hydrogen) atoms. The van der Waals surface area contributed by atoms with Crippen molar-refractivity contribution in [3.63, 3.8) is 0 Å². The molecule has 6 nitrogen and oxygen atoms in total. The third-order valence-electron chi connectivity index (χ3n) is 3.06. The minimum atomic E-state index is -0.472. The van der Waals surface area contributed by atoms with Crippen molar-refractivity contribution < 1.29 is 19.1 Å². The highest BCUT2D eigenvalue weighted by Crippen LogP contribution is 2.26. The summed E-state index contributed by atoms with van der Waals surface area (Å²) in [4.78, 5) is 23.9. The molecule has 0 unspecified atom stereocenters. The zero-order chi connectivity index (χ0) is 19.1. The lowest BCUT2D eigenvalue weighted by Crippen LogP contribution is -2.43. The van der Waals surface area contributed by atoms with Crippen molar-refractivity contribution in [2.45, 2.75) is 20.0 Å². The molecule has 2 rings (SSSR count). The van der Waals surface area contributed by atoms with Gasteiger partial charge in [-0.15, -0.1) is 0 Å². The molecule has 0 aromatic heterocycles. The van der Waals surface area contributed by atoms with E-state index in [4.69, 9.17) is 9.47 Å². The topological polar surface area (TPSA) is 76.7 Å². The molecule has 0 heterocycles. The predicted molar refractivity (Wildman–Crippen MR) is 105 cm³/mol. The number of rotatable bonds is 6. The van der Waals surface area contributed by atoms with Gasteiger partial charge in [-0.25, -0.2) is 0 Å². The first-order chi connectivity index (χ1) is 12.3. The molecule has 0 aliphatic rings. The van der Waals surface area contributed by atoms with E-state index in [0.29, 0.717) is 21.5 Å². The van der Waals surface area contributed by atoms with Crippen molar-refractivity contribution in [2.75, 3.05) is 6.61 Å². The van der Waals surface area contributed by atoms with Crippen LogP contribution in [0.25, 0.3) is 0 Å². The third-order valence-corrected chi connectivity index (χ3v) is 4.20. The summed E-state index contributed by atoms with van der Waals surface area (Å²) in [7, 11) is 0. The van der Waals surface area contributed by atoms with Crippen LogP contribution in [0.15, 0.2) is 51.4 Å². The zero-order valence-corrected chi connectivity index (χ0v) is 17.4. The lowest BCUT2D eigenvalue weighted by Gasteiger charge is -2.13. The van der Waals surface area contributed by atoms with Crippen LogP contribution in [-0.2, 0) is 4.79 Å². The minimum absolute atomic E-state index is 0.0241. The Morgan fingerprint density at radius 1 is 1.04 bits per heavy atom. The van der Waals surface area contributed by atoms with E-state index in [9.17, 15) is 9.59 Å². The highest BCUT2D eigenvalue weighted by Gasteiger charge is 2.11. The van der Waals surface area contributed by atoms with E-state index in [1.165, 1.54) is 0 Å². The van der Waals surface area contributed by atoms with Crippen molar-refractivity contribution in [3.8, 4) is 11.5 Å². The summed E-state index contributed by atoms with van der Waals surface area (Å²) in [5.74, 6) is 0.279. The molecule has 0 radical (unpaired) electrons. The Labute approximate surface area is 168 Å². The highest BCUT2D eigenvalue weighted by molar-refractivity contribution is 9.10. The number of carbonyl (C=O) groups is 2. The molecule has 138 valence electrons. The predicted octanol–water partition coefficient (Wildman–Crippen LogP) is 3.84. The van der Waals surface area contributed by atoms with Crippen molar-refractivity contribution in [3.05, 3.63) is 57.0 Å². The first-order valence-electron chi connectivity index (χ1n) is 7.79. The van der Waals surface area contributed by atoms with Crippen molar-refractivity contribution in [1.29, 1.82) is 0 Å². The monoisotopic (exact) mass is 484 g/mol. The summed E-state index contributed by atoms with van der Waals surface area (Å²) in [6.45, 7) is 3.62. The largest absolute Gasteiger partial charge is 0.490 e. The molecule has 0 spiro atoms. The van der Waals surface area contributed by atoms with E-state index in [0.717, 1.165) is 4.47 Å². The number of nitrogens with one attached hydrogen (secondary N) is 2. The molecule has 0 saturated heterocycles. The van der Waals surface area contributed by atoms with Gasteiger partial charge < -0.3 is 9.47 Å². The Balaban J connectivity index is 1.82. The van der Waals surface area contributed by atoms with Crippen LogP contribution in [-0.4, -0.2) is 24.5 Å². The maximum Gasteiger partial charge on any atom is 0.276 e. The summed E-state index contributed by atoms with van der Waals surface area (Å²) in [6.07, 6.45) is 0.0241. The van der Waals surface area contributed by atoms with Gasteiger partial charge in [0, 0.05) is 10.0 Å².